The Balaban J connectivity index is 5.05. The predicted molar refractivity (Wildman–Crippen MR) is 107 cm³/mol. The first-order valence-corrected chi connectivity index (χ1v) is 22.6. The Morgan fingerprint density at radius 3 is 1.29 bits per heavy atom. The molecule has 6 heteroatoms. The van der Waals surface area contributed by atoms with Crippen molar-refractivity contribution in [2.24, 2.45) is 0 Å². The molecule has 2 atom stereocenters. The summed E-state index contributed by atoms with van der Waals surface area (Å²) in [5, 5.41) is -1.09. The zero-order valence-corrected chi connectivity index (χ0v) is 19.7. The molecule has 0 aromatic rings. The Kier molecular flexibility index (Phi) is 8.76. The third-order valence-corrected chi connectivity index (χ3v) is 78.8. The Hall–Kier alpha value is 3.35. The normalized spacial score (nSPS) is 21.4. The van der Waals surface area contributed by atoms with Crippen LogP contribution in [-0.4, -0.2) is 5.17 Å². The van der Waals surface area contributed by atoms with Crippen molar-refractivity contribution in [3.05, 3.63) is 0 Å². The molecule has 0 radical (unpaired) electrons. The van der Waals surface area contributed by atoms with Gasteiger partial charge in [-0.15, -0.1) is 21.8 Å². The van der Waals surface area contributed by atoms with Crippen LogP contribution >= 0.6 is 87.2 Å². The third kappa shape index (κ3) is 3.93. The van der Waals surface area contributed by atoms with Crippen molar-refractivity contribution in [1.29, 1.82) is 0 Å². The molecule has 0 spiro atoms. The van der Waals surface area contributed by atoms with Crippen molar-refractivity contribution in [1.82, 2.24) is 0 Å². The second kappa shape index (κ2) is 7.07. The third-order valence-electron chi connectivity index (χ3n) is 3.09. The van der Waals surface area contributed by atoms with E-state index in [2.05, 4.69) is 115 Å². The van der Waals surface area contributed by atoms with Gasteiger partial charge in [0.15, 0.2) is 5.09 Å². The second-order valence-electron chi connectivity index (χ2n) is 3.88. The van der Waals surface area contributed by atoms with Crippen LogP contribution in [0.25, 0.3) is 0 Å². The lowest BCUT2D eigenvalue weighted by Gasteiger charge is -2.41. The zero-order valence-electron chi connectivity index (χ0n) is 9.08. The molecule has 0 heterocycles. The largest absolute Gasteiger partial charge is 0.253 e. The zero-order chi connectivity index (χ0) is 11.6. The smallest absolute Gasteiger partial charge is 0.119 e. The van der Waals surface area contributed by atoms with Crippen LogP contribution in [0.2, 0.25) is 11.1 Å². The maximum atomic E-state index is 2.91. The highest BCUT2D eigenvalue weighted by Crippen LogP contribution is 2.55. The van der Waals surface area contributed by atoms with Crippen LogP contribution in [0.3, 0.4) is 0 Å². The Labute approximate surface area is 141 Å². The molecule has 0 nitrogen and oxygen atoms in total. The van der Waals surface area contributed by atoms with E-state index in [0.29, 0.717) is 0 Å². The summed E-state index contributed by atoms with van der Waals surface area (Å²) in [6.07, 6.45) is 2.73. The Morgan fingerprint density at radius 1 is 0.857 bits per heavy atom. The molecule has 0 saturated heterocycles. The lowest BCUT2D eigenvalue weighted by atomic mass is 10.4. The molecule has 0 amide bonds. The maximum Gasteiger partial charge on any atom is 0.253 e. The molecule has 0 saturated carbocycles. The van der Waals surface area contributed by atoms with E-state index in [1.165, 1.54) is 12.8 Å². The molecule has 0 aromatic heterocycles. The predicted octanol–water partition coefficient (Wildman–Crippen LogP) is 6.29. The van der Waals surface area contributed by atoms with E-state index in [-0.39, 0.29) is 0 Å². The average Bonchev–Trinajstić information content (AvgIpc) is 2.12. The van der Waals surface area contributed by atoms with Gasteiger partial charge >= 0.3 is 0 Å². The van der Waals surface area contributed by atoms with Crippen molar-refractivity contribution in [2.75, 3.05) is 0 Å². The van der Waals surface area contributed by atoms with Crippen LogP contribution in [0.15, 0.2) is 0 Å². The summed E-state index contributed by atoms with van der Waals surface area (Å²) in [5.74, 6) is 0. The fourth-order valence-electron chi connectivity index (χ4n) is 1.64. The van der Waals surface area contributed by atoms with Crippen LogP contribution in [0, 0.1) is 0 Å². The number of halogens is 4. The van der Waals surface area contributed by atoms with E-state index >= 15 is 0 Å². The second-order valence-corrected chi connectivity index (χ2v) is 63.8. The van der Waals surface area contributed by atoms with E-state index in [1.807, 2.05) is 0 Å². The summed E-state index contributed by atoms with van der Waals surface area (Å²) in [5.41, 5.74) is 1.94. The summed E-state index contributed by atoms with van der Waals surface area (Å²) in [6.45, 7) is 9.69. The first-order chi connectivity index (χ1) is 6.21. The highest BCUT2D eigenvalue weighted by molar-refractivity contribution is 14.4. The molecular formula is C8H18I4Si2. The Morgan fingerprint density at radius 2 is 1.14 bits per heavy atom. The molecule has 0 aliphatic rings. The van der Waals surface area contributed by atoms with Gasteiger partial charge in [-0.25, -0.2) is 0 Å². The number of rotatable bonds is 5. The van der Waals surface area contributed by atoms with Gasteiger partial charge in [0.2, 0.25) is 0 Å². The molecular weight excluding hydrogens is 660 g/mol. The highest BCUT2D eigenvalue weighted by atomic mass is 127. The summed E-state index contributed by atoms with van der Waals surface area (Å²) < 4.78 is -1.04. The van der Waals surface area contributed by atoms with Crippen molar-refractivity contribution in [2.45, 2.75) is 51.6 Å². The minimum Gasteiger partial charge on any atom is -0.119 e. The molecule has 86 valence electrons. The molecule has 0 fully saturated rings. The lowest BCUT2D eigenvalue weighted by molar-refractivity contribution is 0.793. The van der Waals surface area contributed by atoms with Crippen LogP contribution in [0.4, 0.5) is 0 Å². The van der Waals surface area contributed by atoms with Crippen LogP contribution in [0.1, 0.15) is 40.5 Å². The van der Waals surface area contributed by atoms with Gasteiger partial charge in [0.05, 0.1) is 0 Å². The summed E-state index contributed by atoms with van der Waals surface area (Å²) >= 11 is 11.3. The minimum atomic E-state index is -1.09. The average molecular weight is 678 g/mol. The maximum absolute atomic E-state index is 2.91. The minimum absolute atomic E-state index is 0.968. The van der Waals surface area contributed by atoms with Crippen LogP contribution < -0.4 is 0 Å². The molecule has 0 aromatic carbocycles. The summed E-state index contributed by atoms with van der Waals surface area (Å²) in [4.78, 5) is 0. The molecule has 0 aliphatic carbocycles. The van der Waals surface area contributed by atoms with E-state index in [9.17, 15) is 0 Å². The van der Waals surface area contributed by atoms with Gasteiger partial charge < -0.3 is 0 Å². The molecule has 0 rings (SSSR count). The molecule has 2 unspecified atom stereocenters. The van der Waals surface area contributed by atoms with Gasteiger partial charge in [0.1, 0.15) is 0 Å². The highest BCUT2D eigenvalue weighted by Gasteiger charge is 2.55. The topological polar surface area (TPSA) is 0 Å². The Bertz CT molecular complexity index is 171. The van der Waals surface area contributed by atoms with Gasteiger partial charge in [0.25, 0.3) is 0.0813 Å². The lowest BCUT2D eigenvalue weighted by Crippen LogP contribution is -2.51. The van der Waals surface area contributed by atoms with E-state index < -0.39 is 5.17 Å². The van der Waals surface area contributed by atoms with Crippen LogP contribution in [-0.2, 0) is 0 Å². The van der Waals surface area contributed by atoms with Crippen molar-refractivity contribution in [3.63, 3.8) is 0 Å². The van der Waals surface area contributed by atoms with Crippen molar-refractivity contribution >= 4 is 92.4 Å². The van der Waals surface area contributed by atoms with Gasteiger partial charge in [-0.3, -0.25) is 0 Å². The molecule has 0 bridgehead atoms. The molecule has 0 N–H and O–H groups in total. The van der Waals surface area contributed by atoms with E-state index in [0.717, 1.165) is 11.1 Å². The fraction of sp³-hybridized carbons (Fsp3) is 1.00. The number of hydrogen-bond acceptors (Lipinski definition) is 0. The standard InChI is InChI=1S/C8H18I4Si2/c1-5-7(3)13(9,8(4)6-2)14(10,11)12/h7-8H,5-6H2,1-4H3. The molecule has 14 heavy (non-hydrogen) atoms. The fourth-order valence-corrected chi connectivity index (χ4v) is 40.8. The molecule has 0 aliphatic heterocycles. The quantitative estimate of drug-likeness (QED) is 0.183. The number of hydrogen-bond donors (Lipinski definition) is 0. The van der Waals surface area contributed by atoms with Crippen molar-refractivity contribution < 1.29 is 0 Å². The summed E-state index contributed by atoms with van der Waals surface area (Å²) in [6, 6.07) is 0. The van der Waals surface area contributed by atoms with E-state index in [1.54, 1.807) is 0 Å². The SMILES string of the molecule is CCC(C)[Si](I)(C(C)CC)[Si](I)(I)I. The van der Waals surface area contributed by atoms with Gasteiger partial charge in [-0.2, -0.15) is 0 Å². The summed E-state index contributed by atoms with van der Waals surface area (Å²) in [7, 11) is 0. The van der Waals surface area contributed by atoms with E-state index in [4.69, 9.17) is 0 Å². The van der Waals surface area contributed by atoms with Gasteiger partial charge in [-0.1, -0.05) is 106 Å². The van der Waals surface area contributed by atoms with Crippen LogP contribution in [0.5, 0.6) is 0 Å². The first-order valence-electron chi connectivity index (χ1n) is 4.97. The monoisotopic (exact) mass is 678 g/mol. The van der Waals surface area contributed by atoms with Gasteiger partial charge in [0, 0.05) is 0 Å². The van der Waals surface area contributed by atoms with Crippen molar-refractivity contribution in [3.8, 4) is 0 Å². The first kappa shape index (κ1) is 17.4. The van der Waals surface area contributed by atoms with Gasteiger partial charge in [-0.05, 0) is 11.1 Å².